The molecule has 1 aromatic heterocycles. The number of carbonyl (C=O) groups is 1. The molecule has 0 aliphatic heterocycles. The predicted octanol–water partition coefficient (Wildman–Crippen LogP) is 2.71. The topological polar surface area (TPSA) is 75.1 Å². The molecule has 1 rings (SSSR count). The van der Waals surface area contributed by atoms with Gasteiger partial charge in [-0.3, -0.25) is 0 Å². The maximum absolute atomic E-state index is 10.2. The fraction of sp³-hybridized carbons (Fsp3) is 0.444. The highest BCUT2D eigenvalue weighted by Gasteiger charge is 2.11. The smallest absolute Gasteiger partial charge is 0.404 e. The maximum atomic E-state index is 10.2. The monoisotopic (exact) mass is 295 g/mol. The number of aromatic nitrogens is 2. The quantitative estimate of drug-likeness (QED) is 0.378. The molecule has 17 heavy (non-hydrogen) atoms. The van der Waals surface area contributed by atoms with Crippen LogP contribution in [-0.2, 0) is 6.42 Å². The highest BCUT2D eigenvalue weighted by molar-refractivity contribution is 7.98. The number of hydrogen-bond donors (Lipinski definition) is 2. The third-order valence-electron chi connectivity index (χ3n) is 1.95. The van der Waals surface area contributed by atoms with E-state index in [0.29, 0.717) is 40.4 Å². The Bertz CT molecular complexity index is 394. The third kappa shape index (κ3) is 4.57. The lowest BCUT2D eigenvalue weighted by molar-refractivity contribution is 0.194. The van der Waals surface area contributed by atoms with Crippen molar-refractivity contribution in [2.24, 2.45) is 0 Å². The van der Waals surface area contributed by atoms with Gasteiger partial charge in [-0.15, -0.1) is 0 Å². The first-order valence-electron chi connectivity index (χ1n) is 4.77. The summed E-state index contributed by atoms with van der Waals surface area (Å²) < 4.78 is 0. The van der Waals surface area contributed by atoms with Crippen LogP contribution >= 0.6 is 35.0 Å². The summed E-state index contributed by atoms with van der Waals surface area (Å²) >= 11 is 13.3. The first kappa shape index (κ1) is 14.3. The lowest BCUT2D eigenvalue weighted by Gasteiger charge is -2.07. The number of amides is 1. The Labute approximate surface area is 113 Å². The molecular formula is C9H11Cl2N3O2S. The molecule has 0 aliphatic rings. The van der Waals surface area contributed by atoms with Crippen molar-refractivity contribution in [3.8, 4) is 0 Å². The van der Waals surface area contributed by atoms with Gasteiger partial charge in [0.2, 0.25) is 0 Å². The molecule has 0 radical (unpaired) electrons. The van der Waals surface area contributed by atoms with E-state index in [2.05, 4.69) is 15.3 Å². The Hall–Kier alpha value is -0.720. The Balaban J connectivity index is 2.62. The predicted molar refractivity (Wildman–Crippen MR) is 68.2 cm³/mol. The van der Waals surface area contributed by atoms with Gasteiger partial charge in [0.05, 0.1) is 0 Å². The Morgan fingerprint density at radius 2 is 2.00 bits per heavy atom. The highest BCUT2D eigenvalue weighted by atomic mass is 35.5. The molecule has 2 N–H and O–H groups in total. The van der Waals surface area contributed by atoms with Crippen LogP contribution in [0.15, 0.2) is 5.16 Å². The van der Waals surface area contributed by atoms with Crippen LogP contribution in [0.25, 0.3) is 0 Å². The molecule has 0 saturated carbocycles. The van der Waals surface area contributed by atoms with Crippen molar-refractivity contribution in [1.29, 1.82) is 0 Å². The van der Waals surface area contributed by atoms with Crippen LogP contribution in [0.2, 0.25) is 10.3 Å². The molecule has 0 aliphatic carbocycles. The van der Waals surface area contributed by atoms with Gasteiger partial charge >= 0.3 is 6.09 Å². The molecule has 1 amide bonds. The van der Waals surface area contributed by atoms with Gasteiger partial charge in [0.1, 0.15) is 10.3 Å². The molecule has 94 valence electrons. The summed E-state index contributed by atoms with van der Waals surface area (Å²) in [7, 11) is 0. The molecule has 5 nitrogen and oxygen atoms in total. The second kappa shape index (κ2) is 6.88. The van der Waals surface area contributed by atoms with Gasteiger partial charge in [-0.1, -0.05) is 35.0 Å². The molecule has 0 unspecified atom stereocenters. The molecule has 1 heterocycles. The summed E-state index contributed by atoms with van der Waals surface area (Å²) in [5.41, 5.74) is 0.651. The fourth-order valence-corrected chi connectivity index (χ4v) is 2.21. The average Bonchev–Trinajstić information content (AvgIpc) is 2.26. The van der Waals surface area contributed by atoms with E-state index in [0.717, 1.165) is 0 Å². The van der Waals surface area contributed by atoms with Crippen LogP contribution in [0.3, 0.4) is 0 Å². The number of nitrogens with one attached hydrogen (secondary N) is 1. The lowest BCUT2D eigenvalue weighted by atomic mass is 10.2. The number of nitrogens with zero attached hydrogens (tertiary/aromatic N) is 2. The van der Waals surface area contributed by atoms with Crippen LogP contribution in [0.5, 0.6) is 0 Å². The molecule has 1 aromatic rings. The van der Waals surface area contributed by atoms with Gasteiger partial charge < -0.3 is 10.4 Å². The van der Waals surface area contributed by atoms with Crippen molar-refractivity contribution >= 4 is 41.1 Å². The highest BCUT2D eigenvalue weighted by Crippen LogP contribution is 2.25. The summed E-state index contributed by atoms with van der Waals surface area (Å²) in [6, 6.07) is 0. The molecule has 0 fully saturated rings. The first-order valence-corrected chi connectivity index (χ1v) is 6.75. The van der Waals surface area contributed by atoms with Gasteiger partial charge in [0.25, 0.3) is 0 Å². The van der Waals surface area contributed by atoms with Crippen LogP contribution < -0.4 is 5.32 Å². The number of thioether (sulfide) groups is 1. The minimum atomic E-state index is -1.05. The number of carboxylic acid groups (broad SMARTS) is 1. The molecule has 0 atom stereocenters. The van der Waals surface area contributed by atoms with E-state index in [1.807, 2.05) is 6.26 Å². The van der Waals surface area contributed by atoms with E-state index in [1.165, 1.54) is 11.8 Å². The molecule has 0 saturated heterocycles. The van der Waals surface area contributed by atoms with E-state index in [4.69, 9.17) is 28.3 Å². The minimum Gasteiger partial charge on any atom is -0.465 e. The van der Waals surface area contributed by atoms with E-state index in [-0.39, 0.29) is 0 Å². The first-order chi connectivity index (χ1) is 8.04. The summed E-state index contributed by atoms with van der Waals surface area (Å²) in [6.07, 6.45) is 1.91. The Morgan fingerprint density at radius 3 is 2.47 bits per heavy atom. The van der Waals surface area contributed by atoms with Crippen LogP contribution in [-0.4, -0.2) is 34.0 Å². The van der Waals surface area contributed by atoms with E-state index in [1.54, 1.807) is 0 Å². The van der Waals surface area contributed by atoms with E-state index < -0.39 is 6.09 Å². The average molecular weight is 296 g/mol. The SMILES string of the molecule is CSc1nc(Cl)c(CCCNC(=O)O)c(Cl)n1. The van der Waals surface area contributed by atoms with Gasteiger partial charge in [-0.2, -0.15) is 0 Å². The molecule has 0 aromatic carbocycles. The summed E-state index contributed by atoms with van der Waals surface area (Å²) in [6.45, 7) is 0.340. The van der Waals surface area contributed by atoms with Gasteiger partial charge in [-0.05, 0) is 19.1 Å². The normalized spacial score (nSPS) is 10.3. The lowest BCUT2D eigenvalue weighted by Crippen LogP contribution is -2.22. The molecule has 0 spiro atoms. The number of hydrogen-bond acceptors (Lipinski definition) is 4. The fourth-order valence-electron chi connectivity index (χ4n) is 1.17. The van der Waals surface area contributed by atoms with Crippen LogP contribution in [0.1, 0.15) is 12.0 Å². The molecule has 8 heteroatoms. The van der Waals surface area contributed by atoms with Gasteiger partial charge in [0.15, 0.2) is 5.16 Å². The van der Waals surface area contributed by atoms with Gasteiger partial charge in [-0.25, -0.2) is 14.8 Å². The van der Waals surface area contributed by atoms with Crippen molar-refractivity contribution in [3.63, 3.8) is 0 Å². The Morgan fingerprint density at radius 1 is 1.41 bits per heavy atom. The third-order valence-corrected chi connectivity index (χ3v) is 3.12. The second-order valence-corrected chi connectivity index (χ2v) is 4.60. The number of halogens is 2. The van der Waals surface area contributed by atoms with Crippen molar-refractivity contribution in [2.75, 3.05) is 12.8 Å². The standard InChI is InChI=1S/C9H11Cl2N3O2S/c1-17-8-13-6(10)5(7(11)14-8)3-2-4-12-9(15)16/h12H,2-4H2,1H3,(H,15,16). The van der Waals surface area contributed by atoms with Crippen molar-refractivity contribution in [1.82, 2.24) is 15.3 Å². The second-order valence-electron chi connectivity index (χ2n) is 3.11. The van der Waals surface area contributed by atoms with Crippen LogP contribution in [0.4, 0.5) is 4.79 Å². The van der Waals surface area contributed by atoms with Crippen molar-refractivity contribution < 1.29 is 9.90 Å². The summed E-state index contributed by atoms with van der Waals surface area (Å²) in [5, 5.41) is 11.8. The summed E-state index contributed by atoms with van der Waals surface area (Å²) in [5.74, 6) is 0. The largest absolute Gasteiger partial charge is 0.465 e. The van der Waals surface area contributed by atoms with E-state index in [9.17, 15) is 4.79 Å². The zero-order chi connectivity index (χ0) is 12.8. The summed E-state index contributed by atoms with van der Waals surface area (Å²) in [4.78, 5) is 18.4. The number of rotatable bonds is 5. The van der Waals surface area contributed by atoms with Crippen molar-refractivity contribution in [2.45, 2.75) is 18.0 Å². The van der Waals surface area contributed by atoms with Crippen LogP contribution in [0, 0.1) is 0 Å². The zero-order valence-corrected chi connectivity index (χ0v) is 11.4. The van der Waals surface area contributed by atoms with Gasteiger partial charge in [0, 0.05) is 12.1 Å². The molecular weight excluding hydrogens is 285 g/mol. The van der Waals surface area contributed by atoms with Crippen molar-refractivity contribution in [3.05, 3.63) is 15.9 Å². The Kier molecular flexibility index (Phi) is 5.80. The zero-order valence-electron chi connectivity index (χ0n) is 9.04. The molecule has 0 bridgehead atoms. The minimum absolute atomic E-state index is 0.324. The maximum Gasteiger partial charge on any atom is 0.404 e. The van der Waals surface area contributed by atoms with E-state index >= 15 is 0 Å².